The van der Waals surface area contributed by atoms with Crippen molar-refractivity contribution in [3.8, 4) is 5.75 Å². The molecule has 6 heteroatoms. The van der Waals surface area contributed by atoms with E-state index in [-0.39, 0.29) is 17.8 Å². The molecule has 0 aliphatic carbocycles. The van der Waals surface area contributed by atoms with E-state index in [1.54, 1.807) is 19.2 Å². The van der Waals surface area contributed by atoms with Crippen LogP contribution in [-0.2, 0) is 27.3 Å². The molecule has 0 bridgehead atoms. The number of benzene rings is 2. The molecule has 2 heterocycles. The van der Waals surface area contributed by atoms with E-state index in [0.29, 0.717) is 32.1 Å². The summed E-state index contributed by atoms with van der Waals surface area (Å²) in [6, 6.07) is 13.8. The van der Waals surface area contributed by atoms with Crippen LogP contribution in [-0.4, -0.2) is 50.5 Å². The van der Waals surface area contributed by atoms with E-state index < -0.39 is 0 Å². The lowest BCUT2D eigenvalue weighted by molar-refractivity contribution is -0.118. The Kier molecular flexibility index (Phi) is 7.22. The molecule has 1 amide bonds. The third-order valence-electron chi connectivity index (χ3n) is 6.29. The first-order valence-corrected chi connectivity index (χ1v) is 11.2. The number of nitrogens with one attached hydrogen (secondary N) is 1. The predicted octanol–water partition coefficient (Wildman–Crippen LogP) is 3.37. The smallest absolute Gasteiger partial charge is 0.227 e. The monoisotopic (exact) mass is 424 g/mol. The Labute approximate surface area is 184 Å². The first-order chi connectivity index (χ1) is 15.2. The number of fused-ring (bicyclic) bond motifs is 1. The first kappa shape index (κ1) is 21.8. The molecular weight excluding hydrogens is 392 g/mol. The van der Waals surface area contributed by atoms with Crippen molar-refractivity contribution in [3.05, 3.63) is 59.2 Å². The van der Waals surface area contributed by atoms with Crippen LogP contribution < -0.4 is 10.2 Å². The maximum absolute atomic E-state index is 12.5. The summed E-state index contributed by atoms with van der Waals surface area (Å²) < 4.78 is 11.5. The summed E-state index contributed by atoms with van der Waals surface area (Å²) in [6.45, 7) is 3.60. The number of rotatable bonds is 8. The van der Waals surface area contributed by atoms with Crippen LogP contribution in [0, 0.1) is 0 Å². The van der Waals surface area contributed by atoms with E-state index in [1.165, 1.54) is 11.1 Å². The average Bonchev–Trinajstić information content (AvgIpc) is 2.80. The van der Waals surface area contributed by atoms with Crippen LogP contribution in [0.15, 0.2) is 42.5 Å². The van der Waals surface area contributed by atoms with Gasteiger partial charge in [0.15, 0.2) is 0 Å². The summed E-state index contributed by atoms with van der Waals surface area (Å²) in [7, 11) is 1.69. The number of nitrogens with zero attached hydrogens (tertiary/aromatic N) is 1. The van der Waals surface area contributed by atoms with Gasteiger partial charge in [-0.25, -0.2) is 0 Å². The zero-order valence-corrected chi connectivity index (χ0v) is 18.2. The van der Waals surface area contributed by atoms with Crippen molar-refractivity contribution in [2.75, 3.05) is 38.3 Å². The highest BCUT2D eigenvalue weighted by Crippen LogP contribution is 2.32. The number of piperidine rings is 1. The van der Waals surface area contributed by atoms with Gasteiger partial charge in [-0.3, -0.25) is 4.79 Å². The van der Waals surface area contributed by atoms with Crippen LogP contribution >= 0.6 is 0 Å². The Morgan fingerprint density at radius 3 is 2.81 bits per heavy atom. The van der Waals surface area contributed by atoms with Gasteiger partial charge >= 0.3 is 0 Å². The highest BCUT2D eigenvalue weighted by Gasteiger charge is 2.28. The Hall–Kier alpha value is -2.41. The Bertz CT molecular complexity index is 884. The zero-order valence-electron chi connectivity index (χ0n) is 18.2. The summed E-state index contributed by atoms with van der Waals surface area (Å²) in [4.78, 5) is 14.4. The van der Waals surface area contributed by atoms with Gasteiger partial charge in [0.25, 0.3) is 0 Å². The standard InChI is InChI=1S/C25H32N2O4/c1-30-14-2-13-27-23-15-18(3-4-20(23)7-10-25(27)29)17-31-24-16-26-12-11-22(24)19-5-8-21(28)9-6-19/h3-6,8-9,15,22,24,26,28H,2,7,10-14,16-17H2,1H3. The minimum absolute atomic E-state index is 0.0637. The molecule has 2 aliphatic rings. The number of amides is 1. The van der Waals surface area contributed by atoms with Crippen LogP contribution in [0.5, 0.6) is 5.75 Å². The molecule has 1 saturated heterocycles. The largest absolute Gasteiger partial charge is 0.508 e. The first-order valence-electron chi connectivity index (χ1n) is 11.2. The second kappa shape index (κ2) is 10.3. The van der Waals surface area contributed by atoms with E-state index in [4.69, 9.17) is 9.47 Å². The van der Waals surface area contributed by atoms with Gasteiger partial charge in [0, 0.05) is 44.8 Å². The Morgan fingerprint density at radius 2 is 2.00 bits per heavy atom. The van der Waals surface area contributed by atoms with Crippen molar-refractivity contribution in [1.29, 1.82) is 0 Å². The normalized spacial score (nSPS) is 21.2. The lowest BCUT2D eigenvalue weighted by atomic mass is 9.87. The maximum atomic E-state index is 12.5. The average molecular weight is 425 g/mol. The molecule has 2 aliphatic heterocycles. The molecular formula is C25H32N2O4. The molecule has 2 aromatic carbocycles. The molecule has 31 heavy (non-hydrogen) atoms. The SMILES string of the molecule is COCCCN1C(=O)CCc2ccc(COC3CNCCC3c3ccc(O)cc3)cc21. The molecule has 4 rings (SSSR count). The molecule has 0 radical (unpaired) electrons. The van der Waals surface area contributed by atoms with E-state index in [2.05, 4.69) is 23.5 Å². The highest BCUT2D eigenvalue weighted by atomic mass is 16.5. The molecule has 0 spiro atoms. The van der Waals surface area contributed by atoms with Gasteiger partial charge in [0.2, 0.25) is 5.91 Å². The van der Waals surface area contributed by atoms with Gasteiger partial charge in [0.1, 0.15) is 5.75 Å². The molecule has 166 valence electrons. The summed E-state index contributed by atoms with van der Waals surface area (Å²) in [5, 5.41) is 13.0. The number of aryl methyl sites for hydroxylation is 1. The molecule has 2 unspecified atom stereocenters. The second-order valence-electron chi connectivity index (χ2n) is 8.40. The molecule has 2 atom stereocenters. The van der Waals surface area contributed by atoms with Crippen molar-refractivity contribution < 1.29 is 19.4 Å². The van der Waals surface area contributed by atoms with Gasteiger partial charge in [-0.05, 0) is 60.7 Å². The van der Waals surface area contributed by atoms with Gasteiger partial charge in [-0.15, -0.1) is 0 Å². The van der Waals surface area contributed by atoms with E-state index >= 15 is 0 Å². The van der Waals surface area contributed by atoms with Crippen LogP contribution in [0.4, 0.5) is 5.69 Å². The van der Waals surface area contributed by atoms with E-state index in [0.717, 1.165) is 43.6 Å². The molecule has 6 nitrogen and oxygen atoms in total. The fourth-order valence-electron chi connectivity index (χ4n) is 4.60. The number of methoxy groups -OCH3 is 1. The number of aromatic hydroxyl groups is 1. The number of hydrogen-bond acceptors (Lipinski definition) is 5. The van der Waals surface area contributed by atoms with E-state index in [1.807, 2.05) is 17.0 Å². The quantitative estimate of drug-likeness (QED) is 0.636. The molecule has 2 aromatic rings. The van der Waals surface area contributed by atoms with Crippen molar-refractivity contribution in [3.63, 3.8) is 0 Å². The topological polar surface area (TPSA) is 71.0 Å². The lowest BCUT2D eigenvalue weighted by Gasteiger charge is -2.33. The second-order valence-corrected chi connectivity index (χ2v) is 8.40. The maximum Gasteiger partial charge on any atom is 0.227 e. The van der Waals surface area contributed by atoms with Gasteiger partial charge in [-0.1, -0.05) is 24.3 Å². The number of phenolic OH excluding ortho intramolecular Hbond substituents is 1. The predicted molar refractivity (Wildman–Crippen MR) is 121 cm³/mol. The minimum atomic E-state index is 0.0637. The van der Waals surface area contributed by atoms with Crippen molar-refractivity contribution >= 4 is 11.6 Å². The van der Waals surface area contributed by atoms with Crippen molar-refractivity contribution in [2.45, 2.75) is 44.3 Å². The molecule has 2 N–H and O–H groups in total. The summed E-state index contributed by atoms with van der Waals surface area (Å²) in [5.41, 5.74) is 4.53. The van der Waals surface area contributed by atoms with Crippen LogP contribution in [0.25, 0.3) is 0 Å². The third kappa shape index (κ3) is 5.26. The zero-order chi connectivity index (χ0) is 21.6. The fraction of sp³-hybridized carbons (Fsp3) is 0.480. The van der Waals surface area contributed by atoms with Crippen molar-refractivity contribution in [2.24, 2.45) is 0 Å². The number of ether oxygens (including phenoxy) is 2. The van der Waals surface area contributed by atoms with Crippen molar-refractivity contribution in [1.82, 2.24) is 5.32 Å². The third-order valence-corrected chi connectivity index (χ3v) is 6.29. The van der Waals surface area contributed by atoms with Crippen LogP contribution in [0.1, 0.15) is 41.9 Å². The Balaban J connectivity index is 1.45. The Morgan fingerprint density at radius 1 is 1.16 bits per heavy atom. The van der Waals surface area contributed by atoms with Gasteiger partial charge in [0.05, 0.1) is 12.7 Å². The van der Waals surface area contributed by atoms with Crippen LogP contribution in [0.2, 0.25) is 0 Å². The molecule has 0 aromatic heterocycles. The summed E-state index contributed by atoms with van der Waals surface area (Å²) >= 11 is 0. The highest BCUT2D eigenvalue weighted by molar-refractivity contribution is 5.96. The lowest BCUT2D eigenvalue weighted by Crippen LogP contribution is -2.41. The van der Waals surface area contributed by atoms with Crippen LogP contribution in [0.3, 0.4) is 0 Å². The number of hydrogen-bond donors (Lipinski definition) is 2. The van der Waals surface area contributed by atoms with Gasteiger partial charge < -0.3 is 24.8 Å². The summed E-state index contributed by atoms with van der Waals surface area (Å²) in [5.74, 6) is 0.769. The van der Waals surface area contributed by atoms with E-state index in [9.17, 15) is 9.90 Å². The summed E-state index contributed by atoms with van der Waals surface area (Å²) in [6.07, 6.45) is 3.25. The van der Waals surface area contributed by atoms with Gasteiger partial charge in [-0.2, -0.15) is 0 Å². The minimum Gasteiger partial charge on any atom is -0.508 e. The number of anilines is 1. The molecule has 1 fully saturated rings. The fourth-order valence-corrected chi connectivity index (χ4v) is 4.60. The molecule has 0 saturated carbocycles. The number of carbonyl (C=O) groups excluding carboxylic acids is 1. The number of carbonyl (C=O) groups is 1. The number of phenols is 1.